The lowest BCUT2D eigenvalue weighted by molar-refractivity contribution is 0.0954. The molecule has 1 heterocycles. The van der Waals surface area contributed by atoms with Gasteiger partial charge in [-0.15, -0.1) is 0 Å². The molecule has 3 rings (SSSR count). The number of allylic oxidation sites excluding steroid dienone is 2. The number of amides is 1. The van der Waals surface area contributed by atoms with Gasteiger partial charge in [-0.3, -0.25) is 4.79 Å². The van der Waals surface area contributed by atoms with Gasteiger partial charge in [0.25, 0.3) is 5.91 Å². The standard InChI is InChI=1S/C22H27N3O/c1-15-11-18(14-22(4,5)13-15)23-24-21(26)20-12-16(2)25(17(20)3)19-9-7-6-8-10-19/h6-12H,13-14H2,1-5H3,(H,24,26)/b23-18+. The van der Waals surface area contributed by atoms with Gasteiger partial charge >= 0.3 is 0 Å². The molecule has 0 atom stereocenters. The summed E-state index contributed by atoms with van der Waals surface area (Å²) >= 11 is 0. The van der Waals surface area contributed by atoms with Crippen LogP contribution >= 0.6 is 0 Å². The van der Waals surface area contributed by atoms with E-state index in [1.807, 2.05) is 50.2 Å². The number of aromatic nitrogens is 1. The normalized spacial score (nSPS) is 17.9. The molecule has 0 unspecified atom stereocenters. The summed E-state index contributed by atoms with van der Waals surface area (Å²) in [5.74, 6) is -0.165. The van der Waals surface area contributed by atoms with Gasteiger partial charge in [0.1, 0.15) is 0 Å². The lowest BCUT2D eigenvalue weighted by atomic mass is 9.77. The van der Waals surface area contributed by atoms with Crippen LogP contribution in [0.25, 0.3) is 5.69 Å². The predicted octanol–water partition coefficient (Wildman–Crippen LogP) is 4.95. The molecule has 4 nitrogen and oxygen atoms in total. The highest BCUT2D eigenvalue weighted by Crippen LogP contribution is 2.33. The Morgan fingerprint density at radius 1 is 1.12 bits per heavy atom. The third-order valence-electron chi connectivity index (χ3n) is 4.82. The Labute approximate surface area is 155 Å². The Balaban J connectivity index is 1.84. The molecule has 1 aliphatic carbocycles. The van der Waals surface area contributed by atoms with Crippen molar-refractivity contribution in [2.24, 2.45) is 10.5 Å². The average Bonchev–Trinajstić information content (AvgIpc) is 2.86. The van der Waals surface area contributed by atoms with E-state index < -0.39 is 0 Å². The number of aryl methyl sites for hydroxylation is 1. The number of carbonyl (C=O) groups is 1. The summed E-state index contributed by atoms with van der Waals surface area (Å²) in [6.45, 7) is 10.6. The molecule has 0 bridgehead atoms. The van der Waals surface area contributed by atoms with Crippen molar-refractivity contribution < 1.29 is 4.79 Å². The van der Waals surface area contributed by atoms with E-state index in [0.717, 1.165) is 35.6 Å². The van der Waals surface area contributed by atoms with Crippen LogP contribution in [0.5, 0.6) is 0 Å². The Morgan fingerprint density at radius 2 is 1.81 bits per heavy atom. The summed E-state index contributed by atoms with van der Waals surface area (Å²) in [7, 11) is 0. The zero-order valence-corrected chi connectivity index (χ0v) is 16.3. The van der Waals surface area contributed by atoms with Crippen molar-refractivity contribution in [2.45, 2.75) is 47.5 Å². The van der Waals surface area contributed by atoms with Crippen LogP contribution in [-0.2, 0) is 0 Å². The van der Waals surface area contributed by atoms with Gasteiger partial charge in [-0.05, 0) is 63.3 Å². The third-order valence-corrected chi connectivity index (χ3v) is 4.82. The smallest absolute Gasteiger partial charge is 0.273 e. The molecule has 1 aliphatic rings. The zero-order chi connectivity index (χ0) is 18.9. The molecule has 0 saturated heterocycles. The minimum Gasteiger partial charge on any atom is -0.318 e. The van der Waals surface area contributed by atoms with Crippen molar-refractivity contribution in [3.05, 3.63) is 65.0 Å². The minimum absolute atomic E-state index is 0.165. The predicted molar refractivity (Wildman–Crippen MR) is 107 cm³/mol. The van der Waals surface area contributed by atoms with Crippen molar-refractivity contribution >= 4 is 11.6 Å². The van der Waals surface area contributed by atoms with E-state index in [-0.39, 0.29) is 11.3 Å². The summed E-state index contributed by atoms with van der Waals surface area (Å²) in [6, 6.07) is 12.0. The maximum Gasteiger partial charge on any atom is 0.273 e. The van der Waals surface area contributed by atoms with E-state index in [2.05, 4.69) is 41.9 Å². The second kappa shape index (κ2) is 6.94. The maximum atomic E-state index is 12.7. The maximum absolute atomic E-state index is 12.7. The Kier molecular flexibility index (Phi) is 4.86. The second-order valence-electron chi connectivity index (χ2n) is 8.01. The minimum atomic E-state index is -0.165. The Hall–Kier alpha value is -2.62. The zero-order valence-electron chi connectivity index (χ0n) is 16.3. The van der Waals surface area contributed by atoms with E-state index in [0.29, 0.717) is 5.56 Å². The summed E-state index contributed by atoms with van der Waals surface area (Å²) in [4.78, 5) is 12.7. The van der Waals surface area contributed by atoms with Gasteiger partial charge in [0.15, 0.2) is 0 Å². The van der Waals surface area contributed by atoms with E-state index >= 15 is 0 Å². The highest BCUT2D eigenvalue weighted by Gasteiger charge is 2.25. The fraction of sp³-hybridized carbons (Fsp3) is 0.364. The SMILES string of the molecule is CC1=C/C(=N\NC(=O)c2cc(C)n(-c3ccccc3)c2C)CC(C)(C)C1. The molecular formula is C22H27N3O. The van der Waals surface area contributed by atoms with Gasteiger partial charge < -0.3 is 4.57 Å². The number of benzene rings is 1. The molecule has 0 spiro atoms. The van der Waals surface area contributed by atoms with Crippen LogP contribution in [0, 0.1) is 19.3 Å². The van der Waals surface area contributed by atoms with Crippen molar-refractivity contribution in [3.8, 4) is 5.69 Å². The van der Waals surface area contributed by atoms with E-state index in [9.17, 15) is 4.79 Å². The van der Waals surface area contributed by atoms with Crippen molar-refractivity contribution in [3.63, 3.8) is 0 Å². The molecule has 2 aromatic rings. The van der Waals surface area contributed by atoms with Crippen molar-refractivity contribution in [1.82, 2.24) is 9.99 Å². The van der Waals surface area contributed by atoms with Gasteiger partial charge in [-0.25, -0.2) is 5.43 Å². The van der Waals surface area contributed by atoms with Crippen LogP contribution in [0.1, 0.15) is 55.4 Å². The molecular weight excluding hydrogens is 322 g/mol. The number of carbonyl (C=O) groups excluding carboxylic acids is 1. The summed E-state index contributed by atoms with van der Waals surface area (Å²) < 4.78 is 2.09. The lowest BCUT2D eigenvalue weighted by Crippen LogP contribution is -2.25. The van der Waals surface area contributed by atoms with E-state index in [1.165, 1.54) is 5.57 Å². The monoisotopic (exact) mass is 349 g/mol. The molecule has 4 heteroatoms. The van der Waals surface area contributed by atoms with Crippen molar-refractivity contribution in [2.75, 3.05) is 0 Å². The quantitative estimate of drug-likeness (QED) is 0.783. The van der Waals surface area contributed by atoms with E-state index in [4.69, 9.17) is 0 Å². The first-order valence-electron chi connectivity index (χ1n) is 9.05. The molecule has 0 fully saturated rings. The van der Waals surface area contributed by atoms with Gasteiger partial charge in [-0.2, -0.15) is 5.10 Å². The number of rotatable bonds is 3. The molecule has 1 aromatic heterocycles. The lowest BCUT2D eigenvalue weighted by Gasteiger charge is -2.29. The molecule has 1 amide bonds. The summed E-state index contributed by atoms with van der Waals surface area (Å²) in [5, 5.41) is 4.39. The molecule has 136 valence electrons. The largest absolute Gasteiger partial charge is 0.318 e. The molecule has 0 saturated carbocycles. The number of hydrazone groups is 1. The first-order chi connectivity index (χ1) is 12.3. The van der Waals surface area contributed by atoms with Crippen LogP contribution in [-0.4, -0.2) is 16.2 Å². The fourth-order valence-electron chi connectivity index (χ4n) is 3.92. The Bertz CT molecular complexity index is 886. The summed E-state index contributed by atoms with van der Waals surface area (Å²) in [6.07, 6.45) is 4.02. The molecule has 1 N–H and O–H groups in total. The van der Waals surface area contributed by atoms with Gasteiger partial charge in [0.2, 0.25) is 0 Å². The molecule has 26 heavy (non-hydrogen) atoms. The molecule has 0 aliphatic heterocycles. The van der Waals surface area contributed by atoms with Crippen LogP contribution in [0.4, 0.5) is 0 Å². The third kappa shape index (κ3) is 3.79. The van der Waals surface area contributed by atoms with Crippen LogP contribution < -0.4 is 5.43 Å². The van der Waals surface area contributed by atoms with Gasteiger partial charge in [-0.1, -0.05) is 37.6 Å². The Morgan fingerprint density at radius 3 is 2.46 bits per heavy atom. The molecule has 1 aromatic carbocycles. The first-order valence-corrected chi connectivity index (χ1v) is 9.05. The van der Waals surface area contributed by atoms with Crippen molar-refractivity contribution in [1.29, 1.82) is 0 Å². The fourth-order valence-corrected chi connectivity index (χ4v) is 3.92. The van der Waals surface area contributed by atoms with Crippen LogP contribution in [0.2, 0.25) is 0 Å². The summed E-state index contributed by atoms with van der Waals surface area (Å²) in [5.41, 5.74) is 8.84. The van der Waals surface area contributed by atoms with Gasteiger partial charge in [0, 0.05) is 17.1 Å². The number of para-hydroxylation sites is 1. The topological polar surface area (TPSA) is 46.4 Å². The highest BCUT2D eigenvalue weighted by atomic mass is 16.2. The first kappa shape index (κ1) is 18.2. The van der Waals surface area contributed by atoms with E-state index in [1.54, 1.807) is 0 Å². The number of nitrogens with one attached hydrogen (secondary N) is 1. The second-order valence-corrected chi connectivity index (χ2v) is 8.01. The van der Waals surface area contributed by atoms with Gasteiger partial charge in [0.05, 0.1) is 11.3 Å². The molecule has 0 radical (unpaired) electrons. The number of nitrogens with zero attached hydrogens (tertiary/aromatic N) is 2. The number of hydrogen-bond acceptors (Lipinski definition) is 2. The highest BCUT2D eigenvalue weighted by molar-refractivity contribution is 6.00. The van der Waals surface area contributed by atoms with Crippen LogP contribution in [0.3, 0.4) is 0 Å². The van der Waals surface area contributed by atoms with Crippen LogP contribution in [0.15, 0.2) is 53.1 Å². The average molecular weight is 349 g/mol. The number of hydrogen-bond donors (Lipinski definition) is 1.